The number of rotatable bonds is 13. The van der Waals surface area contributed by atoms with Crippen molar-refractivity contribution in [2.45, 2.75) is 85.5 Å². The van der Waals surface area contributed by atoms with Crippen molar-refractivity contribution in [2.75, 3.05) is 6.61 Å². The van der Waals surface area contributed by atoms with Crippen LogP contribution >= 0.6 is 0 Å². The SMILES string of the molecule is CC(C)=CCCC(C)CCOC(=O)CCC(=O)OC=CC(C)c1ccccc1C(C)C. The highest BCUT2D eigenvalue weighted by Gasteiger charge is 2.12. The number of carbonyl (C=O) groups is 2. The van der Waals surface area contributed by atoms with Crippen molar-refractivity contribution in [1.29, 1.82) is 0 Å². The Kier molecular flexibility index (Phi) is 12.6. The van der Waals surface area contributed by atoms with E-state index in [0.717, 1.165) is 19.3 Å². The Hall–Kier alpha value is -2.36. The summed E-state index contributed by atoms with van der Waals surface area (Å²) in [6.07, 6.45) is 8.58. The zero-order chi connectivity index (χ0) is 23.2. The standard InChI is InChI=1S/C27H40O4/c1-20(2)10-9-11-22(5)16-18-30-26(28)14-15-27(29)31-19-17-23(6)25-13-8-7-12-24(25)21(3)4/h7-8,10,12-13,17,19,21-23H,9,11,14-16,18H2,1-6H3. The van der Waals surface area contributed by atoms with E-state index in [1.54, 1.807) is 0 Å². The molecule has 4 nitrogen and oxygen atoms in total. The van der Waals surface area contributed by atoms with Crippen molar-refractivity contribution in [3.05, 3.63) is 59.4 Å². The maximum Gasteiger partial charge on any atom is 0.311 e. The largest absolute Gasteiger partial charge is 0.466 e. The average Bonchev–Trinajstić information content (AvgIpc) is 2.71. The van der Waals surface area contributed by atoms with Gasteiger partial charge in [0.2, 0.25) is 0 Å². The zero-order valence-electron chi connectivity index (χ0n) is 20.1. The minimum absolute atomic E-state index is 0.0241. The van der Waals surface area contributed by atoms with E-state index >= 15 is 0 Å². The predicted molar refractivity (Wildman–Crippen MR) is 127 cm³/mol. The highest BCUT2D eigenvalue weighted by molar-refractivity contribution is 5.77. The van der Waals surface area contributed by atoms with Gasteiger partial charge in [-0.05, 0) is 62.1 Å². The molecule has 0 N–H and O–H groups in total. The minimum atomic E-state index is -0.423. The van der Waals surface area contributed by atoms with Gasteiger partial charge in [0, 0.05) is 5.92 Å². The second-order valence-electron chi connectivity index (χ2n) is 8.86. The van der Waals surface area contributed by atoms with Crippen LogP contribution in [0.25, 0.3) is 0 Å². The molecular formula is C27H40O4. The Morgan fingerprint density at radius 1 is 0.935 bits per heavy atom. The maximum absolute atomic E-state index is 11.9. The molecule has 0 saturated carbocycles. The molecule has 0 spiro atoms. The zero-order valence-corrected chi connectivity index (χ0v) is 20.1. The van der Waals surface area contributed by atoms with Crippen LogP contribution in [0.3, 0.4) is 0 Å². The lowest BCUT2D eigenvalue weighted by Crippen LogP contribution is -2.11. The second-order valence-corrected chi connectivity index (χ2v) is 8.86. The van der Waals surface area contributed by atoms with E-state index in [2.05, 4.69) is 59.8 Å². The van der Waals surface area contributed by atoms with E-state index in [0.29, 0.717) is 18.4 Å². The predicted octanol–water partition coefficient (Wildman–Crippen LogP) is 7.07. The summed E-state index contributed by atoms with van der Waals surface area (Å²) in [7, 11) is 0. The summed E-state index contributed by atoms with van der Waals surface area (Å²) in [5.41, 5.74) is 3.85. The van der Waals surface area contributed by atoms with Gasteiger partial charge in [0.1, 0.15) is 0 Å². The lowest BCUT2D eigenvalue weighted by Gasteiger charge is -2.15. The number of esters is 2. The highest BCUT2D eigenvalue weighted by Crippen LogP contribution is 2.26. The Bertz CT molecular complexity index is 741. The normalized spacial score (nSPS) is 13.1. The van der Waals surface area contributed by atoms with Gasteiger partial charge < -0.3 is 9.47 Å². The van der Waals surface area contributed by atoms with Crippen LogP contribution in [0.1, 0.15) is 96.6 Å². The Morgan fingerprint density at radius 3 is 2.23 bits per heavy atom. The number of benzene rings is 1. The fourth-order valence-electron chi connectivity index (χ4n) is 3.30. The molecular weight excluding hydrogens is 388 g/mol. The summed E-state index contributed by atoms with van der Waals surface area (Å²) in [5.74, 6) is 0.293. The average molecular weight is 429 g/mol. The topological polar surface area (TPSA) is 52.6 Å². The van der Waals surface area contributed by atoms with Gasteiger partial charge in [0.25, 0.3) is 0 Å². The van der Waals surface area contributed by atoms with Crippen LogP contribution in [0.2, 0.25) is 0 Å². The van der Waals surface area contributed by atoms with E-state index in [1.807, 2.05) is 18.2 Å². The summed E-state index contributed by atoms with van der Waals surface area (Å²) >= 11 is 0. The van der Waals surface area contributed by atoms with Crippen LogP contribution in [-0.2, 0) is 19.1 Å². The van der Waals surface area contributed by atoms with Crippen LogP contribution in [0, 0.1) is 5.92 Å². The first-order valence-electron chi connectivity index (χ1n) is 11.4. The summed E-state index contributed by atoms with van der Waals surface area (Å²) in [4.78, 5) is 23.8. The van der Waals surface area contributed by atoms with E-state index in [1.165, 1.54) is 23.0 Å². The molecule has 0 saturated heterocycles. The van der Waals surface area contributed by atoms with Crippen molar-refractivity contribution in [3.63, 3.8) is 0 Å². The van der Waals surface area contributed by atoms with Crippen molar-refractivity contribution in [1.82, 2.24) is 0 Å². The Balaban J connectivity index is 2.28. The summed E-state index contributed by atoms with van der Waals surface area (Å²) in [6, 6.07) is 8.29. The van der Waals surface area contributed by atoms with Gasteiger partial charge in [-0.1, -0.05) is 63.6 Å². The molecule has 172 valence electrons. The third-order valence-corrected chi connectivity index (χ3v) is 5.29. The molecule has 0 aliphatic heterocycles. The summed E-state index contributed by atoms with van der Waals surface area (Å²) in [6.45, 7) is 13.2. The fourth-order valence-corrected chi connectivity index (χ4v) is 3.30. The molecule has 0 aliphatic carbocycles. The van der Waals surface area contributed by atoms with Gasteiger partial charge in [-0.3, -0.25) is 9.59 Å². The molecule has 1 rings (SSSR count). The molecule has 0 bridgehead atoms. The van der Waals surface area contributed by atoms with E-state index in [4.69, 9.17) is 9.47 Å². The molecule has 1 aromatic carbocycles. The molecule has 4 heteroatoms. The Labute approximate surface area is 188 Å². The molecule has 0 heterocycles. The molecule has 0 amide bonds. The Morgan fingerprint density at radius 2 is 1.58 bits per heavy atom. The molecule has 31 heavy (non-hydrogen) atoms. The summed E-state index contributed by atoms with van der Waals surface area (Å²) in [5, 5.41) is 0. The number of ether oxygens (including phenoxy) is 2. The van der Waals surface area contributed by atoms with Crippen LogP contribution in [-0.4, -0.2) is 18.5 Å². The first-order valence-corrected chi connectivity index (χ1v) is 11.4. The molecule has 0 radical (unpaired) electrons. The van der Waals surface area contributed by atoms with Crippen LogP contribution in [0.4, 0.5) is 0 Å². The third kappa shape index (κ3) is 11.6. The van der Waals surface area contributed by atoms with Crippen LogP contribution in [0.15, 0.2) is 48.3 Å². The lowest BCUT2D eigenvalue weighted by atomic mass is 9.90. The van der Waals surface area contributed by atoms with Crippen LogP contribution < -0.4 is 0 Å². The third-order valence-electron chi connectivity index (χ3n) is 5.29. The van der Waals surface area contributed by atoms with Gasteiger partial charge in [-0.2, -0.15) is 0 Å². The number of allylic oxidation sites excluding steroid dienone is 3. The smallest absolute Gasteiger partial charge is 0.311 e. The number of hydrogen-bond acceptors (Lipinski definition) is 4. The van der Waals surface area contributed by atoms with Crippen molar-refractivity contribution >= 4 is 11.9 Å². The van der Waals surface area contributed by atoms with Gasteiger partial charge in [0.15, 0.2) is 0 Å². The van der Waals surface area contributed by atoms with E-state index in [9.17, 15) is 9.59 Å². The number of carbonyl (C=O) groups excluding carboxylic acids is 2. The van der Waals surface area contributed by atoms with Crippen molar-refractivity contribution in [2.24, 2.45) is 5.92 Å². The van der Waals surface area contributed by atoms with E-state index < -0.39 is 5.97 Å². The van der Waals surface area contributed by atoms with Crippen molar-refractivity contribution in [3.8, 4) is 0 Å². The van der Waals surface area contributed by atoms with Crippen molar-refractivity contribution < 1.29 is 19.1 Å². The minimum Gasteiger partial charge on any atom is -0.466 e. The monoisotopic (exact) mass is 428 g/mol. The number of hydrogen-bond donors (Lipinski definition) is 0. The van der Waals surface area contributed by atoms with Gasteiger partial charge >= 0.3 is 11.9 Å². The molecule has 2 atom stereocenters. The van der Waals surface area contributed by atoms with Crippen LogP contribution in [0.5, 0.6) is 0 Å². The summed E-state index contributed by atoms with van der Waals surface area (Å²) < 4.78 is 10.4. The molecule has 1 aromatic rings. The fraction of sp³-hybridized carbons (Fsp3) is 0.556. The molecule has 2 unspecified atom stereocenters. The first kappa shape index (κ1) is 26.7. The molecule has 0 fully saturated rings. The van der Waals surface area contributed by atoms with Gasteiger partial charge in [-0.25, -0.2) is 0 Å². The molecule has 0 aromatic heterocycles. The lowest BCUT2D eigenvalue weighted by molar-refractivity contribution is -0.148. The second kappa shape index (κ2) is 14.6. The van der Waals surface area contributed by atoms with Gasteiger partial charge in [0.05, 0.1) is 25.7 Å². The maximum atomic E-state index is 11.9. The highest BCUT2D eigenvalue weighted by atomic mass is 16.5. The quantitative estimate of drug-likeness (QED) is 0.192. The first-order chi connectivity index (χ1) is 14.7. The van der Waals surface area contributed by atoms with Gasteiger partial charge in [-0.15, -0.1) is 0 Å². The van der Waals surface area contributed by atoms with E-state index in [-0.39, 0.29) is 24.7 Å². The molecule has 0 aliphatic rings.